The van der Waals surface area contributed by atoms with E-state index in [9.17, 15) is 0 Å². The molecule has 0 fully saturated rings. The molecule has 56 heavy (non-hydrogen) atoms. The Hall–Kier alpha value is -2.41. The van der Waals surface area contributed by atoms with Crippen molar-refractivity contribution in [3.63, 3.8) is 0 Å². The van der Waals surface area contributed by atoms with Crippen molar-refractivity contribution in [2.24, 2.45) is 0 Å². The van der Waals surface area contributed by atoms with Crippen LogP contribution in [0.1, 0.15) is 81.3 Å². The third-order valence-electron chi connectivity index (χ3n) is 11.0. The maximum Gasteiger partial charge on any atom is -1.00 e. The molecule has 0 saturated heterocycles. The number of fused-ring (bicyclic) bond motifs is 3. The van der Waals surface area contributed by atoms with Crippen molar-refractivity contribution in [3.8, 4) is 33.4 Å². The third-order valence-corrected chi connectivity index (χ3v) is 20.1. The zero-order valence-electron chi connectivity index (χ0n) is 32.8. The van der Waals surface area contributed by atoms with Crippen LogP contribution in [0.15, 0.2) is 149 Å². The number of hydrogen-bond acceptors (Lipinski definition) is 0. The molecule has 6 aromatic carbocycles. The first kappa shape index (κ1) is 43.2. The summed E-state index contributed by atoms with van der Waals surface area (Å²) in [6.45, 7) is 14.4. The van der Waals surface area contributed by atoms with E-state index in [0.717, 1.165) is 12.8 Å². The number of allylic oxidation sites excluding steroid dienone is 4. The van der Waals surface area contributed by atoms with E-state index in [1.54, 1.807) is 15.3 Å². The second kappa shape index (κ2) is 17.4. The molecule has 6 aromatic rings. The van der Waals surface area contributed by atoms with Crippen LogP contribution in [-0.4, -0.2) is 3.21 Å². The Kier molecular flexibility index (Phi) is 13.4. The SMILES string of the molecule is CC(C)(C)c1cc2c(cc1-c1ccccc1)Cc1c-2cc(C(C)(C)C)c(-c2ccccc2)[c]1[Zr+2]([C]1=CC=CC1)=[C](c1ccc(I)cc1)c1ccc(I)cc1.[Cl-].[Cl-]. The molecule has 0 nitrogen and oxygen atoms in total. The molecule has 0 heterocycles. The summed E-state index contributed by atoms with van der Waals surface area (Å²) in [6.07, 6.45) is 9.18. The summed E-state index contributed by atoms with van der Waals surface area (Å²) in [5.41, 5.74) is 16.9. The molecule has 5 heteroatoms. The zero-order valence-corrected chi connectivity index (χ0v) is 41.1. The van der Waals surface area contributed by atoms with Crippen molar-refractivity contribution < 1.29 is 46.1 Å². The van der Waals surface area contributed by atoms with Crippen LogP contribution < -0.4 is 28.1 Å². The Morgan fingerprint density at radius 2 is 1.09 bits per heavy atom. The Morgan fingerprint density at radius 1 is 0.571 bits per heavy atom. The van der Waals surface area contributed by atoms with Gasteiger partial charge in [0.2, 0.25) is 0 Å². The Bertz CT molecular complexity index is 2430. The molecule has 0 saturated carbocycles. The van der Waals surface area contributed by atoms with Crippen LogP contribution in [-0.2, 0) is 38.5 Å². The van der Waals surface area contributed by atoms with Crippen LogP contribution in [0.4, 0.5) is 0 Å². The fourth-order valence-corrected chi connectivity index (χ4v) is 17.6. The van der Waals surface area contributed by atoms with E-state index in [0.29, 0.717) is 0 Å². The molecule has 8 rings (SSSR count). The predicted octanol–water partition coefficient (Wildman–Crippen LogP) is 7.76. The molecule has 0 radical (unpaired) electrons. The Labute approximate surface area is 381 Å². The molecule has 0 atom stereocenters. The summed E-state index contributed by atoms with van der Waals surface area (Å²) < 4.78 is 7.41. The van der Waals surface area contributed by atoms with E-state index in [4.69, 9.17) is 0 Å². The average Bonchev–Trinajstić information content (AvgIpc) is 3.82. The van der Waals surface area contributed by atoms with Crippen molar-refractivity contribution in [2.45, 2.75) is 65.2 Å². The topological polar surface area (TPSA) is 0 Å². The molecule has 0 spiro atoms. The van der Waals surface area contributed by atoms with Gasteiger partial charge >= 0.3 is 361 Å². The van der Waals surface area contributed by atoms with Gasteiger partial charge < -0.3 is 24.8 Å². The van der Waals surface area contributed by atoms with E-state index >= 15 is 0 Å². The monoisotopic (exact) mass is 1070 g/mol. The summed E-state index contributed by atoms with van der Waals surface area (Å²) in [7, 11) is 0. The molecule has 282 valence electrons. The molecule has 0 unspecified atom stereocenters. The molecule has 0 bridgehead atoms. The Balaban J connectivity index is 0.00000266. The first-order valence-corrected chi connectivity index (χ1v) is 24.8. The van der Waals surface area contributed by atoms with Gasteiger partial charge in [0, 0.05) is 0 Å². The fourth-order valence-electron chi connectivity index (χ4n) is 8.40. The van der Waals surface area contributed by atoms with Gasteiger partial charge in [-0.15, -0.1) is 0 Å². The maximum atomic E-state index is 2.61. The van der Waals surface area contributed by atoms with Crippen molar-refractivity contribution in [1.82, 2.24) is 0 Å². The van der Waals surface area contributed by atoms with Crippen molar-refractivity contribution in [1.29, 1.82) is 0 Å². The number of rotatable bonds is 6. The molecule has 2 aliphatic rings. The first-order valence-electron chi connectivity index (χ1n) is 19.0. The molecule has 2 aliphatic carbocycles. The van der Waals surface area contributed by atoms with Crippen LogP contribution in [0.25, 0.3) is 33.4 Å². The molecule has 0 aliphatic heterocycles. The molecule has 0 N–H and O–H groups in total. The smallest absolute Gasteiger partial charge is 1.00 e. The van der Waals surface area contributed by atoms with Crippen molar-refractivity contribution in [3.05, 3.63) is 189 Å². The van der Waals surface area contributed by atoms with Crippen LogP contribution in [0, 0.1) is 7.14 Å². The molecular formula is C51H46Cl2I2Zr. The van der Waals surface area contributed by atoms with Gasteiger partial charge in [-0.05, 0) is 0 Å². The average molecular weight is 1070 g/mol. The van der Waals surface area contributed by atoms with E-state index in [2.05, 4.69) is 232 Å². The van der Waals surface area contributed by atoms with Gasteiger partial charge in [0.1, 0.15) is 0 Å². The normalized spacial score (nSPS) is 12.8. The zero-order chi connectivity index (χ0) is 37.8. The molecule has 0 aromatic heterocycles. The van der Waals surface area contributed by atoms with Gasteiger partial charge in [0.15, 0.2) is 0 Å². The van der Waals surface area contributed by atoms with E-state index in [1.807, 2.05) is 0 Å². The van der Waals surface area contributed by atoms with Gasteiger partial charge in [-0.2, -0.15) is 0 Å². The minimum absolute atomic E-state index is 0. The van der Waals surface area contributed by atoms with E-state index in [-0.39, 0.29) is 35.6 Å². The summed E-state index contributed by atoms with van der Waals surface area (Å²) in [4.78, 5) is 0. The largest absolute Gasteiger partial charge is 1.00 e. The van der Waals surface area contributed by atoms with Crippen molar-refractivity contribution >= 4 is 51.7 Å². The van der Waals surface area contributed by atoms with Crippen molar-refractivity contribution in [2.75, 3.05) is 0 Å². The minimum atomic E-state index is -3.04. The van der Waals surface area contributed by atoms with Gasteiger partial charge in [-0.3, -0.25) is 0 Å². The fraction of sp³-hybridized carbons (Fsp3) is 0.196. The number of halogens is 4. The summed E-state index contributed by atoms with van der Waals surface area (Å²) in [5, 5.41) is 0. The predicted molar refractivity (Wildman–Crippen MR) is 246 cm³/mol. The van der Waals surface area contributed by atoms with Gasteiger partial charge in [0.05, 0.1) is 0 Å². The van der Waals surface area contributed by atoms with Gasteiger partial charge in [-0.25, -0.2) is 0 Å². The summed E-state index contributed by atoms with van der Waals surface area (Å²) in [6, 6.07) is 48.9. The standard InChI is InChI=1S/C33H33.C13H8I2.C5H5.2ClH.Zr/c1-32(2,3)30-20-26-24(18-28(30)22-13-9-7-10-14-22)17-25-19-29(23-15-11-8-12-16-23)31(21-27(25)26)33(4,5)6;14-12-5-1-10(2-6-12)9-11-3-7-13(15)8-4-11;1-2-4-5-3-1;;;/h7-16,18,20-21H,17H2,1-6H3;1-8H;1-3H,4H2;2*1H;/q;;;;;+2/p-2. The Morgan fingerprint density at radius 3 is 1.59 bits per heavy atom. The maximum absolute atomic E-state index is 3.04. The van der Waals surface area contributed by atoms with Crippen LogP contribution >= 0.6 is 45.2 Å². The van der Waals surface area contributed by atoms with Crippen LogP contribution in [0.3, 0.4) is 0 Å². The summed E-state index contributed by atoms with van der Waals surface area (Å²) in [5.74, 6) is 0. The third kappa shape index (κ3) is 8.51. The van der Waals surface area contributed by atoms with Crippen LogP contribution in [0.5, 0.6) is 0 Å². The van der Waals surface area contributed by atoms with E-state index in [1.165, 1.54) is 68.3 Å². The van der Waals surface area contributed by atoms with Crippen LogP contribution in [0.2, 0.25) is 0 Å². The summed E-state index contributed by atoms with van der Waals surface area (Å²) >= 11 is 1.87. The minimum Gasteiger partial charge on any atom is -1.00 e. The molecule has 0 amide bonds. The molecular weight excluding hydrogens is 1030 g/mol. The second-order valence-electron chi connectivity index (χ2n) is 16.8. The van der Waals surface area contributed by atoms with Gasteiger partial charge in [-0.1, -0.05) is 0 Å². The van der Waals surface area contributed by atoms with Gasteiger partial charge in [0.25, 0.3) is 0 Å². The van der Waals surface area contributed by atoms with E-state index < -0.39 is 21.3 Å². The quantitative estimate of drug-likeness (QED) is 0.150. The number of benzene rings is 6. The first-order chi connectivity index (χ1) is 25.9. The second-order valence-corrected chi connectivity index (χ2v) is 25.1. The number of hydrogen-bond donors (Lipinski definition) is 0.